The summed E-state index contributed by atoms with van der Waals surface area (Å²) in [5.74, 6) is -0.0971. The third-order valence-corrected chi connectivity index (χ3v) is 6.19. The van der Waals surface area contributed by atoms with Crippen LogP contribution >= 0.6 is 0 Å². The van der Waals surface area contributed by atoms with E-state index < -0.39 is 15.4 Å². The molecule has 0 spiro atoms. The lowest BCUT2D eigenvalue weighted by atomic mass is 9.95. The highest BCUT2D eigenvalue weighted by Gasteiger charge is 2.23. The van der Waals surface area contributed by atoms with E-state index in [9.17, 15) is 13.2 Å². The van der Waals surface area contributed by atoms with Crippen molar-refractivity contribution in [2.75, 3.05) is 28.0 Å². The van der Waals surface area contributed by atoms with Gasteiger partial charge in [-0.25, -0.2) is 8.42 Å². The number of hydrogen-bond donors (Lipinski definition) is 2. The van der Waals surface area contributed by atoms with Gasteiger partial charge in [-0.2, -0.15) is 0 Å². The number of nitrogens with one attached hydrogen (secondary N) is 2. The summed E-state index contributed by atoms with van der Waals surface area (Å²) in [5.41, 5.74) is 2.75. The van der Waals surface area contributed by atoms with Gasteiger partial charge in [0.05, 0.1) is 4.90 Å². The molecule has 28 heavy (non-hydrogen) atoms. The number of nitrogens with zero attached hydrogens (tertiary/aromatic N) is 1. The summed E-state index contributed by atoms with van der Waals surface area (Å²) in [6.45, 7) is 9.43. The largest absolute Gasteiger partial charge is 0.371 e. The predicted molar refractivity (Wildman–Crippen MR) is 113 cm³/mol. The summed E-state index contributed by atoms with van der Waals surface area (Å²) < 4.78 is 28.1. The Bertz CT molecular complexity index is 977. The maximum atomic E-state index is 12.8. The van der Waals surface area contributed by atoms with E-state index in [1.807, 2.05) is 26.8 Å². The van der Waals surface area contributed by atoms with Crippen LogP contribution in [0.15, 0.2) is 47.4 Å². The van der Waals surface area contributed by atoms with Gasteiger partial charge in [-0.3, -0.25) is 9.52 Å². The van der Waals surface area contributed by atoms with Crippen molar-refractivity contribution in [3.63, 3.8) is 0 Å². The zero-order valence-electron chi connectivity index (χ0n) is 16.7. The number of fused-ring (bicyclic) bond motifs is 1. The standard InChI is InChI=1S/C21H27N3O3S/c1-5-24-13-12-15-14-18(10-11-19(15)24)28(26,27)23-17-8-6-16(7-9-17)22-20(25)21(2,3)4/h6-11,14,23H,5,12-13H2,1-4H3,(H,22,25). The molecule has 2 N–H and O–H groups in total. The van der Waals surface area contributed by atoms with E-state index in [0.717, 1.165) is 30.8 Å². The number of carbonyl (C=O) groups excluding carboxylic acids is 1. The minimum Gasteiger partial charge on any atom is -0.371 e. The third kappa shape index (κ3) is 4.30. The highest BCUT2D eigenvalue weighted by molar-refractivity contribution is 7.92. The third-order valence-electron chi connectivity index (χ3n) is 4.81. The molecule has 150 valence electrons. The summed E-state index contributed by atoms with van der Waals surface area (Å²) in [4.78, 5) is 14.5. The lowest BCUT2D eigenvalue weighted by Gasteiger charge is -2.18. The van der Waals surface area contributed by atoms with Gasteiger partial charge in [-0.15, -0.1) is 0 Å². The fourth-order valence-electron chi connectivity index (χ4n) is 3.10. The van der Waals surface area contributed by atoms with E-state index in [2.05, 4.69) is 21.9 Å². The molecule has 0 radical (unpaired) electrons. The molecule has 0 bridgehead atoms. The summed E-state index contributed by atoms with van der Waals surface area (Å²) in [6.07, 6.45) is 0.856. The molecular formula is C21H27N3O3S. The SMILES string of the molecule is CCN1CCc2cc(S(=O)(=O)Nc3ccc(NC(=O)C(C)(C)C)cc3)ccc21. The predicted octanol–water partition coefficient (Wildman–Crippen LogP) is 3.85. The lowest BCUT2D eigenvalue weighted by molar-refractivity contribution is -0.123. The van der Waals surface area contributed by atoms with Crippen LogP contribution in [0.5, 0.6) is 0 Å². The second kappa shape index (κ2) is 7.47. The van der Waals surface area contributed by atoms with Crippen molar-refractivity contribution in [2.24, 2.45) is 5.41 Å². The van der Waals surface area contributed by atoms with Crippen LogP contribution in [0.2, 0.25) is 0 Å². The number of sulfonamides is 1. The van der Waals surface area contributed by atoms with Crippen LogP contribution < -0.4 is 14.9 Å². The lowest BCUT2D eigenvalue weighted by Crippen LogP contribution is -2.27. The molecule has 0 atom stereocenters. The number of carbonyl (C=O) groups is 1. The molecule has 1 aliphatic rings. The second-order valence-corrected chi connectivity index (χ2v) is 9.69. The molecule has 1 heterocycles. The summed E-state index contributed by atoms with van der Waals surface area (Å²) in [6, 6.07) is 11.9. The van der Waals surface area contributed by atoms with Gasteiger partial charge in [0.15, 0.2) is 0 Å². The Balaban J connectivity index is 1.73. The van der Waals surface area contributed by atoms with E-state index >= 15 is 0 Å². The topological polar surface area (TPSA) is 78.5 Å². The average Bonchev–Trinajstić information content (AvgIpc) is 3.04. The van der Waals surface area contributed by atoms with Gasteiger partial charge in [-0.05, 0) is 61.4 Å². The minimum absolute atomic E-state index is 0.0971. The molecule has 2 aromatic carbocycles. The zero-order valence-corrected chi connectivity index (χ0v) is 17.6. The molecule has 0 saturated carbocycles. The minimum atomic E-state index is -3.67. The van der Waals surface area contributed by atoms with Crippen molar-refractivity contribution < 1.29 is 13.2 Å². The first kappa shape index (κ1) is 20.2. The maximum absolute atomic E-state index is 12.8. The summed E-state index contributed by atoms with van der Waals surface area (Å²) in [7, 11) is -3.67. The fourth-order valence-corrected chi connectivity index (χ4v) is 4.21. The van der Waals surface area contributed by atoms with Gasteiger partial charge in [0, 0.05) is 35.6 Å². The number of benzene rings is 2. The van der Waals surface area contributed by atoms with Crippen molar-refractivity contribution in [2.45, 2.75) is 39.0 Å². The quantitative estimate of drug-likeness (QED) is 0.798. The Morgan fingerprint density at radius 2 is 1.71 bits per heavy atom. The molecular weight excluding hydrogens is 374 g/mol. The molecule has 0 fully saturated rings. The molecule has 6 nitrogen and oxygen atoms in total. The zero-order chi connectivity index (χ0) is 20.5. The number of amides is 1. The number of likely N-dealkylation sites (N-methyl/N-ethyl adjacent to an activating group) is 1. The molecule has 0 aliphatic carbocycles. The normalized spacial score (nSPS) is 13.9. The van der Waals surface area contributed by atoms with E-state index in [4.69, 9.17) is 0 Å². The van der Waals surface area contributed by atoms with Gasteiger partial charge in [0.25, 0.3) is 10.0 Å². The van der Waals surface area contributed by atoms with Crippen molar-refractivity contribution in [1.82, 2.24) is 0 Å². The van der Waals surface area contributed by atoms with Crippen LogP contribution in [0, 0.1) is 5.41 Å². The Morgan fingerprint density at radius 1 is 1.07 bits per heavy atom. The monoisotopic (exact) mass is 401 g/mol. The molecule has 7 heteroatoms. The van der Waals surface area contributed by atoms with Gasteiger partial charge >= 0.3 is 0 Å². The Hall–Kier alpha value is -2.54. The van der Waals surface area contributed by atoms with Crippen molar-refractivity contribution in [3.05, 3.63) is 48.0 Å². The average molecular weight is 402 g/mol. The molecule has 0 unspecified atom stereocenters. The fraction of sp³-hybridized carbons (Fsp3) is 0.381. The van der Waals surface area contributed by atoms with Crippen molar-refractivity contribution in [1.29, 1.82) is 0 Å². The second-order valence-electron chi connectivity index (χ2n) is 8.01. The Morgan fingerprint density at radius 3 is 2.32 bits per heavy atom. The highest BCUT2D eigenvalue weighted by Crippen LogP contribution is 2.30. The Labute approximate surface area is 167 Å². The van der Waals surface area contributed by atoms with Crippen LogP contribution in [0.4, 0.5) is 17.1 Å². The maximum Gasteiger partial charge on any atom is 0.261 e. The van der Waals surface area contributed by atoms with E-state index in [1.165, 1.54) is 0 Å². The van der Waals surface area contributed by atoms with E-state index in [1.54, 1.807) is 36.4 Å². The first-order valence-electron chi connectivity index (χ1n) is 9.42. The highest BCUT2D eigenvalue weighted by atomic mass is 32.2. The number of rotatable bonds is 5. The van der Waals surface area contributed by atoms with Crippen LogP contribution in [0.25, 0.3) is 0 Å². The first-order valence-corrected chi connectivity index (χ1v) is 10.9. The van der Waals surface area contributed by atoms with Gasteiger partial charge in [0.1, 0.15) is 0 Å². The van der Waals surface area contributed by atoms with Crippen LogP contribution in [-0.4, -0.2) is 27.4 Å². The van der Waals surface area contributed by atoms with Gasteiger partial charge in [0.2, 0.25) is 5.91 Å². The van der Waals surface area contributed by atoms with E-state index in [-0.39, 0.29) is 10.8 Å². The van der Waals surface area contributed by atoms with Crippen LogP contribution in [-0.2, 0) is 21.2 Å². The Kier molecular flexibility index (Phi) is 5.39. The van der Waals surface area contributed by atoms with Gasteiger partial charge in [-0.1, -0.05) is 20.8 Å². The molecule has 2 aromatic rings. The molecule has 3 rings (SSSR count). The van der Waals surface area contributed by atoms with Gasteiger partial charge < -0.3 is 10.2 Å². The van der Waals surface area contributed by atoms with Crippen molar-refractivity contribution in [3.8, 4) is 0 Å². The molecule has 1 amide bonds. The smallest absolute Gasteiger partial charge is 0.261 e. The summed E-state index contributed by atoms with van der Waals surface area (Å²) >= 11 is 0. The summed E-state index contributed by atoms with van der Waals surface area (Å²) in [5, 5.41) is 2.82. The van der Waals surface area contributed by atoms with Crippen LogP contribution in [0.3, 0.4) is 0 Å². The molecule has 1 aliphatic heterocycles. The number of hydrogen-bond acceptors (Lipinski definition) is 4. The van der Waals surface area contributed by atoms with Crippen molar-refractivity contribution >= 4 is 33.0 Å². The molecule has 0 aromatic heterocycles. The molecule has 0 saturated heterocycles. The van der Waals surface area contributed by atoms with Crippen LogP contribution in [0.1, 0.15) is 33.3 Å². The number of anilines is 3. The first-order chi connectivity index (χ1) is 13.1. The van der Waals surface area contributed by atoms with E-state index in [0.29, 0.717) is 11.4 Å².